The molecule has 0 fully saturated rings. The minimum absolute atomic E-state index is 0.196. The van der Waals surface area contributed by atoms with Crippen molar-refractivity contribution < 1.29 is 0 Å². The lowest BCUT2D eigenvalue weighted by Crippen LogP contribution is -2.35. The number of hydrazine groups is 1. The van der Waals surface area contributed by atoms with Gasteiger partial charge in [-0.15, -0.1) is 0 Å². The molecule has 13 heavy (non-hydrogen) atoms. The second-order valence-electron chi connectivity index (χ2n) is 2.94. The van der Waals surface area contributed by atoms with Crippen molar-refractivity contribution >= 4 is 0 Å². The van der Waals surface area contributed by atoms with Crippen LogP contribution in [0.15, 0.2) is 30.3 Å². The standard InChI is InChI=1S/C10H17N3/c1-2-12-8-10(13-11)9-6-4-3-5-7-9/h3-7,10,12-13H,2,8,11H2,1H3/t10-/m1/s1. The first kappa shape index (κ1) is 10.2. The zero-order valence-electron chi connectivity index (χ0n) is 7.96. The van der Waals surface area contributed by atoms with Crippen LogP contribution in [0.3, 0.4) is 0 Å². The Labute approximate surface area is 79.3 Å². The Kier molecular flexibility index (Phi) is 4.46. The average Bonchev–Trinajstić information content (AvgIpc) is 2.21. The lowest BCUT2D eigenvalue weighted by Gasteiger charge is -2.16. The molecule has 0 unspecified atom stereocenters. The molecule has 1 atom stereocenters. The van der Waals surface area contributed by atoms with Crippen LogP contribution in [0.2, 0.25) is 0 Å². The summed E-state index contributed by atoms with van der Waals surface area (Å²) in [4.78, 5) is 0. The van der Waals surface area contributed by atoms with Gasteiger partial charge in [-0.05, 0) is 12.1 Å². The van der Waals surface area contributed by atoms with E-state index in [2.05, 4.69) is 29.8 Å². The van der Waals surface area contributed by atoms with Crippen molar-refractivity contribution in [3.05, 3.63) is 35.9 Å². The lowest BCUT2D eigenvalue weighted by molar-refractivity contribution is 0.510. The van der Waals surface area contributed by atoms with Gasteiger partial charge in [0.1, 0.15) is 0 Å². The molecule has 1 aromatic rings. The van der Waals surface area contributed by atoms with Crippen molar-refractivity contribution in [2.24, 2.45) is 5.84 Å². The molecule has 0 spiro atoms. The molecule has 0 aliphatic rings. The summed E-state index contributed by atoms with van der Waals surface area (Å²) in [7, 11) is 0. The SMILES string of the molecule is CCNC[C@@H](NN)c1ccccc1. The quantitative estimate of drug-likeness (QED) is 0.463. The molecule has 3 heteroatoms. The number of benzene rings is 1. The summed E-state index contributed by atoms with van der Waals surface area (Å²) in [6, 6.07) is 10.4. The van der Waals surface area contributed by atoms with Crippen molar-refractivity contribution in [1.82, 2.24) is 10.7 Å². The molecule has 0 aliphatic carbocycles. The van der Waals surface area contributed by atoms with Crippen molar-refractivity contribution in [2.45, 2.75) is 13.0 Å². The molecule has 1 rings (SSSR count). The smallest absolute Gasteiger partial charge is 0.0584 e. The first-order chi connectivity index (χ1) is 6.38. The van der Waals surface area contributed by atoms with Crippen LogP contribution in [0.4, 0.5) is 0 Å². The third-order valence-electron chi connectivity index (χ3n) is 2.00. The fourth-order valence-corrected chi connectivity index (χ4v) is 1.25. The summed E-state index contributed by atoms with van der Waals surface area (Å²) >= 11 is 0. The summed E-state index contributed by atoms with van der Waals surface area (Å²) in [5.41, 5.74) is 4.00. The van der Waals surface area contributed by atoms with Crippen molar-refractivity contribution in [3.8, 4) is 0 Å². The Balaban J connectivity index is 2.56. The van der Waals surface area contributed by atoms with Crippen molar-refractivity contribution in [2.75, 3.05) is 13.1 Å². The molecular weight excluding hydrogens is 162 g/mol. The number of nitrogens with one attached hydrogen (secondary N) is 2. The van der Waals surface area contributed by atoms with Gasteiger partial charge in [-0.3, -0.25) is 11.3 Å². The monoisotopic (exact) mass is 179 g/mol. The minimum Gasteiger partial charge on any atom is -0.315 e. The molecule has 4 N–H and O–H groups in total. The van der Waals surface area contributed by atoms with Crippen LogP contribution in [0.5, 0.6) is 0 Å². The second kappa shape index (κ2) is 5.70. The molecule has 0 aliphatic heterocycles. The summed E-state index contributed by atoms with van der Waals surface area (Å²) in [5, 5.41) is 3.26. The van der Waals surface area contributed by atoms with Crippen LogP contribution >= 0.6 is 0 Å². The number of rotatable bonds is 5. The maximum absolute atomic E-state index is 5.46. The van der Waals surface area contributed by atoms with Crippen LogP contribution in [0, 0.1) is 0 Å². The fourth-order valence-electron chi connectivity index (χ4n) is 1.25. The van der Waals surface area contributed by atoms with Gasteiger partial charge in [0.2, 0.25) is 0 Å². The van der Waals surface area contributed by atoms with Gasteiger partial charge in [0.05, 0.1) is 6.04 Å². The highest BCUT2D eigenvalue weighted by molar-refractivity contribution is 5.18. The maximum Gasteiger partial charge on any atom is 0.0584 e. The van der Waals surface area contributed by atoms with E-state index in [4.69, 9.17) is 5.84 Å². The predicted octanol–water partition coefficient (Wildman–Crippen LogP) is 0.800. The van der Waals surface area contributed by atoms with E-state index in [1.54, 1.807) is 0 Å². The number of likely N-dealkylation sites (N-methyl/N-ethyl adjacent to an activating group) is 1. The molecule has 0 aromatic heterocycles. The van der Waals surface area contributed by atoms with E-state index >= 15 is 0 Å². The Hall–Kier alpha value is -0.900. The van der Waals surface area contributed by atoms with E-state index in [0.29, 0.717) is 0 Å². The van der Waals surface area contributed by atoms with E-state index in [1.807, 2.05) is 18.2 Å². The largest absolute Gasteiger partial charge is 0.315 e. The molecule has 0 radical (unpaired) electrons. The van der Waals surface area contributed by atoms with E-state index in [9.17, 15) is 0 Å². The molecule has 0 heterocycles. The Bertz CT molecular complexity index is 223. The molecule has 1 aromatic carbocycles. The van der Waals surface area contributed by atoms with E-state index in [-0.39, 0.29) is 6.04 Å². The van der Waals surface area contributed by atoms with E-state index in [0.717, 1.165) is 13.1 Å². The number of hydrogen-bond donors (Lipinski definition) is 3. The predicted molar refractivity (Wildman–Crippen MR) is 55.0 cm³/mol. The molecule has 0 saturated carbocycles. The van der Waals surface area contributed by atoms with Crippen molar-refractivity contribution in [3.63, 3.8) is 0 Å². The summed E-state index contributed by atoms with van der Waals surface area (Å²) in [6.45, 7) is 3.90. The zero-order valence-corrected chi connectivity index (χ0v) is 7.96. The van der Waals surface area contributed by atoms with Gasteiger partial charge in [-0.25, -0.2) is 0 Å². The maximum atomic E-state index is 5.46. The van der Waals surface area contributed by atoms with Crippen molar-refractivity contribution in [1.29, 1.82) is 0 Å². The molecular formula is C10H17N3. The first-order valence-corrected chi connectivity index (χ1v) is 4.60. The van der Waals surface area contributed by atoms with Gasteiger partial charge >= 0.3 is 0 Å². The van der Waals surface area contributed by atoms with Gasteiger partial charge in [0, 0.05) is 6.54 Å². The summed E-state index contributed by atoms with van der Waals surface area (Å²) in [5.74, 6) is 5.46. The van der Waals surface area contributed by atoms with Crippen LogP contribution < -0.4 is 16.6 Å². The lowest BCUT2D eigenvalue weighted by atomic mass is 10.1. The zero-order chi connectivity index (χ0) is 9.52. The van der Waals surface area contributed by atoms with Gasteiger partial charge < -0.3 is 5.32 Å². The van der Waals surface area contributed by atoms with Crippen LogP contribution in [-0.2, 0) is 0 Å². The van der Waals surface area contributed by atoms with Crippen LogP contribution in [-0.4, -0.2) is 13.1 Å². The van der Waals surface area contributed by atoms with Crippen LogP contribution in [0.1, 0.15) is 18.5 Å². The third-order valence-corrected chi connectivity index (χ3v) is 2.00. The molecule has 0 amide bonds. The van der Waals surface area contributed by atoms with Gasteiger partial charge in [0.25, 0.3) is 0 Å². The van der Waals surface area contributed by atoms with Gasteiger partial charge in [-0.2, -0.15) is 0 Å². The number of nitrogens with two attached hydrogens (primary N) is 1. The average molecular weight is 179 g/mol. The molecule has 0 saturated heterocycles. The number of hydrogen-bond acceptors (Lipinski definition) is 3. The Morgan fingerprint density at radius 1 is 1.31 bits per heavy atom. The summed E-state index contributed by atoms with van der Waals surface area (Å²) < 4.78 is 0. The fraction of sp³-hybridized carbons (Fsp3) is 0.400. The Morgan fingerprint density at radius 3 is 2.54 bits per heavy atom. The van der Waals surface area contributed by atoms with E-state index < -0.39 is 0 Å². The molecule has 0 bridgehead atoms. The Morgan fingerprint density at radius 2 is 2.00 bits per heavy atom. The van der Waals surface area contributed by atoms with Crippen LogP contribution in [0.25, 0.3) is 0 Å². The topological polar surface area (TPSA) is 50.1 Å². The molecule has 3 nitrogen and oxygen atoms in total. The van der Waals surface area contributed by atoms with Gasteiger partial charge in [0.15, 0.2) is 0 Å². The van der Waals surface area contributed by atoms with E-state index in [1.165, 1.54) is 5.56 Å². The highest BCUT2D eigenvalue weighted by Crippen LogP contribution is 2.09. The second-order valence-corrected chi connectivity index (χ2v) is 2.94. The minimum atomic E-state index is 0.196. The highest BCUT2D eigenvalue weighted by atomic mass is 15.2. The highest BCUT2D eigenvalue weighted by Gasteiger charge is 2.06. The summed E-state index contributed by atoms with van der Waals surface area (Å²) in [6.07, 6.45) is 0. The normalized spacial score (nSPS) is 12.8. The molecule has 72 valence electrons. The third kappa shape index (κ3) is 3.14. The van der Waals surface area contributed by atoms with Gasteiger partial charge in [-0.1, -0.05) is 37.3 Å². The first-order valence-electron chi connectivity index (χ1n) is 4.60.